The third kappa shape index (κ3) is 3.71. The molecule has 0 aromatic heterocycles. The first-order valence-electron chi connectivity index (χ1n) is 7.11. The zero-order valence-corrected chi connectivity index (χ0v) is 12.3. The maximum absolute atomic E-state index is 12.4. The van der Waals surface area contributed by atoms with Gasteiger partial charge >= 0.3 is 0 Å². The molecule has 1 saturated heterocycles. The molecule has 1 aromatic rings. The predicted octanol–water partition coefficient (Wildman–Crippen LogP) is 1.39. The summed E-state index contributed by atoms with van der Waals surface area (Å²) < 4.78 is 0. The summed E-state index contributed by atoms with van der Waals surface area (Å²) in [6.45, 7) is 2.82. The van der Waals surface area contributed by atoms with E-state index in [1.807, 2.05) is 29.2 Å². The summed E-state index contributed by atoms with van der Waals surface area (Å²) in [5.41, 5.74) is 4.11. The zero-order chi connectivity index (χ0) is 14.5. The fourth-order valence-electron chi connectivity index (χ4n) is 2.73. The molecule has 5 heteroatoms. The Morgan fingerprint density at radius 3 is 2.40 bits per heavy atom. The lowest BCUT2D eigenvalue weighted by atomic mass is 9.96. The van der Waals surface area contributed by atoms with Gasteiger partial charge in [0.25, 0.3) is 5.91 Å². The molecular weight excluding hydrogens is 252 g/mol. The second kappa shape index (κ2) is 6.72. The van der Waals surface area contributed by atoms with Crippen LogP contribution < -0.4 is 11.3 Å². The molecule has 1 amide bonds. The van der Waals surface area contributed by atoms with Crippen LogP contribution in [0.3, 0.4) is 0 Å². The normalized spacial score (nSPS) is 16.5. The second-order valence-electron chi connectivity index (χ2n) is 5.72. The van der Waals surface area contributed by atoms with Crippen LogP contribution in [0.1, 0.15) is 23.2 Å². The highest BCUT2D eigenvalue weighted by molar-refractivity contribution is 5.94. The topological polar surface area (TPSA) is 61.6 Å². The number of hydrogen-bond donors (Lipinski definition) is 2. The highest BCUT2D eigenvalue weighted by atomic mass is 16.2. The van der Waals surface area contributed by atoms with Crippen LogP contribution in [0, 0.1) is 5.92 Å². The van der Waals surface area contributed by atoms with E-state index in [-0.39, 0.29) is 5.91 Å². The van der Waals surface area contributed by atoms with E-state index in [1.54, 1.807) is 0 Å². The Morgan fingerprint density at radius 1 is 1.30 bits per heavy atom. The molecule has 110 valence electrons. The summed E-state index contributed by atoms with van der Waals surface area (Å²) in [5, 5.41) is 0. The van der Waals surface area contributed by atoms with Gasteiger partial charge in [-0.25, -0.2) is 0 Å². The standard InChI is InChI=1S/C15H24N4O/c1-18(2)11-12-7-9-19(10-8-12)15(20)13-3-5-14(17-16)6-4-13/h3-6,12,17H,7-11,16H2,1-2H3. The minimum atomic E-state index is 0.122. The molecule has 5 nitrogen and oxygen atoms in total. The molecule has 1 aliphatic rings. The summed E-state index contributed by atoms with van der Waals surface area (Å²) in [4.78, 5) is 16.6. The van der Waals surface area contributed by atoms with Crippen molar-refractivity contribution in [1.82, 2.24) is 9.80 Å². The molecule has 1 heterocycles. The number of nitrogens with two attached hydrogens (primary N) is 1. The van der Waals surface area contributed by atoms with Crippen LogP contribution in [0.15, 0.2) is 24.3 Å². The quantitative estimate of drug-likeness (QED) is 0.644. The van der Waals surface area contributed by atoms with Crippen molar-refractivity contribution in [2.45, 2.75) is 12.8 Å². The van der Waals surface area contributed by atoms with Crippen LogP contribution in [0.4, 0.5) is 5.69 Å². The lowest BCUT2D eigenvalue weighted by Gasteiger charge is -2.33. The SMILES string of the molecule is CN(C)CC1CCN(C(=O)c2ccc(NN)cc2)CC1. The molecule has 0 bridgehead atoms. The third-order valence-electron chi connectivity index (χ3n) is 3.82. The maximum atomic E-state index is 12.4. The van der Waals surface area contributed by atoms with E-state index in [0.717, 1.165) is 43.7 Å². The molecular formula is C15H24N4O. The van der Waals surface area contributed by atoms with Gasteiger partial charge in [-0.05, 0) is 57.1 Å². The maximum Gasteiger partial charge on any atom is 0.253 e. The van der Waals surface area contributed by atoms with Crippen molar-refractivity contribution in [2.75, 3.05) is 39.2 Å². The molecule has 0 saturated carbocycles. The molecule has 3 N–H and O–H groups in total. The molecule has 0 radical (unpaired) electrons. The van der Waals surface area contributed by atoms with E-state index in [1.165, 1.54) is 0 Å². The predicted molar refractivity (Wildman–Crippen MR) is 81.4 cm³/mol. The lowest BCUT2D eigenvalue weighted by Crippen LogP contribution is -2.40. The van der Waals surface area contributed by atoms with E-state index in [4.69, 9.17) is 5.84 Å². The Labute approximate surface area is 120 Å². The van der Waals surface area contributed by atoms with Crippen LogP contribution in [0.5, 0.6) is 0 Å². The van der Waals surface area contributed by atoms with Gasteiger partial charge in [-0.1, -0.05) is 0 Å². The van der Waals surface area contributed by atoms with Crippen molar-refractivity contribution >= 4 is 11.6 Å². The fourth-order valence-corrected chi connectivity index (χ4v) is 2.73. The summed E-state index contributed by atoms with van der Waals surface area (Å²) in [5.74, 6) is 6.15. The Bertz CT molecular complexity index is 436. The smallest absolute Gasteiger partial charge is 0.253 e. The van der Waals surface area contributed by atoms with E-state index in [0.29, 0.717) is 5.92 Å². The summed E-state index contributed by atoms with van der Waals surface area (Å²) in [6, 6.07) is 7.30. The molecule has 0 atom stereocenters. The Hall–Kier alpha value is -1.59. The van der Waals surface area contributed by atoms with Gasteiger partial charge < -0.3 is 15.2 Å². The van der Waals surface area contributed by atoms with E-state index in [2.05, 4.69) is 24.4 Å². The first-order valence-corrected chi connectivity index (χ1v) is 7.11. The number of hydrogen-bond acceptors (Lipinski definition) is 4. The van der Waals surface area contributed by atoms with E-state index >= 15 is 0 Å². The number of nitrogens with zero attached hydrogens (tertiary/aromatic N) is 2. The van der Waals surface area contributed by atoms with Crippen molar-refractivity contribution in [3.8, 4) is 0 Å². The number of piperidine rings is 1. The van der Waals surface area contributed by atoms with Crippen LogP contribution >= 0.6 is 0 Å². The first kappa shape index (κ1) is 14.8. The molecule has 1 aromatic carbocycles. The van der Waals surface area contributed by atoms with Crippen LogP contribution in [0.2, 0.25) is 0 Å². The van der Waals surface area contributed by atoms with Gasteiger partial charge in [0.15, 0.2) is 0 Å². The number of nitrogen functional groups attached to an aromatic ring is 1. The number of anilines is 1. The van der Waals surface area contributed by atoms with Gasteiger partial charge in [0.2, 0.25) is 0 Å². The van der Waals surface area contributed by atoms with Crippen molar-refractivity contribution < 1.29 is 4.79 Å². The van der Waals surface area contributed by atoms with E-state index in [9.17, 15) is 4.79 Å². The van der Waals surface area contributed by atoms with Gasteiger partial charge in [0.05, 0.1) is 0 Å². The van der Waals surface area contributed by atoms with Gasteiger partial charge in [-0.3, -0.25) is 10.6 Å². The number of benzene rings is 1. The van der Waals surface area contributed by atoms with Crippen molar-refractivity contribution in [3.63, 3.8) is 0 Å². The van der Waals surface area contributed by atoms with E-state index < -0.39 is 0 Å². The molecule has 0 aliphatic carbocycles. The van der Waals surface area contributed by atoms with Crippen LogP contribution in [0.25, 0.3) is 0 Å². The molecule has 0 unspecified atom stereocenters. The Balaban J connectivity index is 1.90. The first-order chi connectivity index (χ1) is 9.60. The highest BCUT2D eigenvalue weighted by Gasteiger charge is 2.23. The van der Waals surface area contributed by atoms with Crippen molar-refractivity contribution in [1.29, 1.82) is 0 Å². The minimum absolute atomic E-state index is 0.122. The number of amides is 1. The number of nitrogens with one attached hydrogen (secondary N) is 1. The second-order valence-corrected chi connectivity index (χ2v) is 5.72. The van der Waals surface area contributed by atoms with Crippen LogP contribution in [-0.2, 0) is 0 Å². The van der Waals surface area contributed by atoms with Gasteiger partial charge in [-0.2, -0.15) is 0 Å². The summed E-state index contributed by atoms with van der Waals surface area (Å²) >= 11 is 0. The monoisotopic (exact) mass is 276 g/mol. The Kier molecular flexibility index (Phi) is 4.98. The molecule has 0 spiro atoms. The summed E-state index contributed by atoms with van der Waals surface area (Å²) in [7, 11) is 4.20. The number of likely N-dealkylation sites (tertiary alicyclic amines) is 1. The zero-order valence-electron chi connectivity index (χ0n) is 12.3. The van der Waals surface area contributed by atoms with Gasteiger partial charge in [0, 0.05) is 30.9 Å². The minimum Gasteiger partial charge on any atom is -0.339 e. The van der Waals surface area contributed by atoms with Crippen molar-refractivity contribution in [3.05, 3.63) is 29.8 Å². The fraction of sp³-hybridized carbons (Fsp3) is 0.533. The largest absolute Gasteiger partial charge is 0.339 e. The van der Waals surface area contributed by atoms with Crippen molar-refractivity contribution in [2.24, 2.45) is 11.8 Å². The molecule has 1 fully saturated rings. The third-order valence-corrected chi connectivity index (χ3v) is 3.82. The molecule has 2 rings (SSSR count). The average Bonchev–Trinajstić information content (AvgIpc) is 2.47. The molecule has 1 aliphatic heterocycles. The lowest BCUT2D eigenvalue weighted by molar-refractivity contribution is 0.0678. The highest BCUT2D eigenvalue weighted by Crippen LogP contribution is 2.20. The summed E-state index contributed by atoms with van der Waals surface area (Å²) in [6.07, 6.45) is 2.18. The number of hydrazine groups is 1. The number of carbonyl (C=O) groups excluding carboxylic acids is 1. The number of rotatable bonds is 4. The van der Waals surface area contributed by atoms with Gasteiger partial charge in [-0.15, -0.1) is 0 Å². The Morgan fingerprint density at radius 2 is 1.90 bits per heavy atom. The molecule has 20 heavy (non-hydrogen) atoms. The number of carbonyl (C=O) groups is 1. The van der Waals surface area contributed by atoms with Crippen LogP contribution in [-0.4, -0.2) is 49.4 Å². The average molecular weight is 276 g/mol. The van der Waals surface area contributed by atoms with Gasteiger partial charge in [0.1, 0.15) is 0 Å².